The molecule has 1 aromatic heterocycles. The number of ether oxygens (including phenoxy) is 2. The van der Waals surface area contributed by atoms with Gasteiger partial charge < -0.3 is 25.5 Å². The van der Waals surface area contributed by atoms with Crippen LogP contribution in [-0.4, -0.2) is 23.6 Å². The van der Waals surface area contributed by atoms with Crippen LogP contribution in [-0.2, 0) is 6.54 Å². The topological polar surface area (TPSA) is 92.5 Å². The Kier molecular flexibility index (Phi) is 5.72. The van der Waals surface area contributed by atoms with E-state index < -0.39 is 39.0 Å². The molecule has 34 heavy (non-hydrogen) atoms. The molecule has 0 atom stereocenters. The minimum atomic E-state index is -10.0. The number of nitrogens with two attached hydrogens (primary N) is 2. The summed E-state index contributed by atoms with van der Waals surface area (Å²) in [5, 5.41) is 0.259. The van der Waals surface area contributed by atoms with E-state index in [2.05, 4.69) is 0 Å². The summed E-state index contributed by atoms with van der Waals surface area (Å²) in [5.41, 5.74) is 9.38. The van der Waals surface area contributed by atoms with Gasteiger partial charge in [-0.3, -0.25) is 4.79 Å². The van der Waals surface area contributed by atoms with Gasteiger partial charge in [0.15, 0.2) is 23.1 Å². The van der Waals surface area contributed by atoms with Gasteiger partial charge in [-0.05, 0) is 44.5 Å². The van der Waals surface area contributed by atoms with Crippen molar-refractivity contribution in [3.8, 4) is 11.5 Å². The maximum absolute atomic E-state index is 15.1. The summed E-state index contributed by atoms with van der Waals surface area (Å²) < 4.78 is 93.1. The van der Waals surface area contributed by atoms with Crippen molar-refractivity contribution >= 4 is 38.3 Å². The van der Waals surface area contributed by atoms with Gasteiger partial charge in [-0.1, -0.05) is 19.4 Å². The van der Waals surface area contributed by atoms with Crippen LogP contribution in [0.2, 0.25) is 0 Å². The van der Waals surface area contributed by atoms with E-state index in [0.29, 0.717) is 11.5 Å². The zero-order valence-electron chi connectivity index (χ0n) is 18.4. The minimum absolute atomic E-state index is 0.0350. The molecule has 13 heteroatoms. The molecule has 0 unspecified atom stereocenters. The lowest BCUT2D eigenvalue weighted by Crippen LogP contribution is -2.15. The zero-order chi connectivity index (χ0) is 25.7. The van der Waals surface area contributed by atoms with Crippen molar-refractivity contribution < 1.29 is 38.1 Å². The molecule has 0 saturated heterocycles. The number of hydrogen-bond acceptors (Lipinski definition) is 5. The van der Waals surface area contributed by atoms with E-state index >= 15 is 4.39 Å². The van der Waals surface area contributed by atoms with Gasteiger partial charge >= 0.3 is 10.2 Å². The van der Waals surface area contributed by atoms with Gasteiger partial charge in [0.25, 0.3) is 0 Å². The fraction of sp³-hybridized carbons (Fsp3) is 0.286. The number of fused-ring (bicyclic) bond motifs is 1. The summed E-state index contributed by atoms with van der Waals surface area (Å²) in [7, 11) is -10.0. The molecule has 0 bridgehead atoms. The predicted octanol–water partition coefficient (Wildman–Crippen LogP) is 6.59. The number of hydrogen-bond donors (Lipinski definition) is 2. The number of Topliss-reactive ketones (excluding diaryl/α,β-unsaturated/α-hetero) is 1. The Bertz CT molecular complexity index is 1310. The highest BCUT2D eigenvalue weighted by molar-refractivity contribution is 8.45. The van der Waals surface area contributed by atoms with Gasteiger partial charge in [0.1, 0.15) is 10.7 Å². The molecule has 0 amide bonds. The highest BCUT2D eigenvalue weighted by atomic mass is 32.5. The number of carbonyl (C=O) groups is 1. The first-order valence-corrected chi connectivity index (χ1v) is 12.0. The van der Waals surface area contributed by atoms with Gasteiger partial charge in [-0.2, -0.15) is 0 Å². The number of benzene rings is 2. The first kappa shape index (κ1) is 25.4. The van der Waals surface area contributed by atoms with Crippen LogP contribution in [0.4, 0.5) is 35.3 Å². The number of aryl methyl sites for hydroxylation is 1. The lowest BCUT2D eigenvalue weighted by atomic mass is 10.0. The summed E-state index contributed by atoms with van der Waals surface area (Å²) >= 11 is 0. The average Bonchev–Trinajstić information content (AvgIpc) is 3.00. The Hall–Kier alpha value is -3.22. The molecule has 0 spiro atoms. The first-order valence-electron chi connectivity index (χ1n) is 10.0. The van der Waals surface area contributed by atoms with E-state index in [1.54, 1.807) is 13.8 Å². The van der Waals surface area contributed by atoms with Gasteiger partial charge in [0, 0.05) is 17.1 Å². The zero-order valence-corrected chi connectivity index (χ0v) is 19.2. The van der Waals surface area contributed by atoms with Crippen LogP contribution < -0.4 is 20.9 Å². The minimum Gasteiger partial charge on any atom is -0.490 e. The molecular formula is C21H23F6N3O3S. The van der Waals surface area contributed by atoms with Crippen LogP contribution in [0.25, 0.3) is 10.8 Å². The van der Waals surface area contributed by atoms with Gasteiger partial charge in [0.05, 0.1) is 30.8 Å². The van der Waals surface area contributed by atoms with Crippen LogP contribution in [0, 0.1) is 12.7 Å². The molecule has 188 valence electrons. The number of anilines is 2. The quantitative estimate of drug-likeness (QED) is 0.202. The first-order chi connectivity index (χ1) is 15.5. The van der Waals surface area contributed by atoms with Crippen LogP contribution in [0.1, 0.15) is 29.8 Å². The van der Waals surface area contributed by atoms with Crippen molar-refractivity contribution in [3.05, 3.63) is 41.3 Å². The van der Waals surface area contributed by atoms with Crippen molar-refractivity contribution in [2.75, 3.05) is 24.7 Å². The molecular weight excluding hydrogens is 488 g/mol. The van der Waals surface area contributed by atoms with Crippen molar-refractivity contribution in [3.63, 3.8) is 0 Å². The maximum Gasteiger partial charge on any atom is 0.312 e. The molecule has 0 aliphatic rings. The highest BCUT2D eigenvalue weighted by Crippen LogP contribution is 3.02. The summed E-state index contributed by atoms with van der Waals surface area (Å²) in [6, 6.07) is 2.20. The summed E-state index contributed by atoms with van der Waals surface area (Å²) in [6.45, 7) is 4.31. The molecule has 0 aliphatic heterocycles. The van der Waals surface area contributed by atoms with Gasteiger partial charge in [0.2, 0.25) is 0 Å². The SMILES string of the molecule is CCOc1cc2cn(CC(=O)c3cc(N)c(S(F)(F)(F)(F)F)cc3C)c(N)c2c(F)c1OCC. The van der Waals surface area contributed by atoms with Crippen LogP contribution in [0.15, 0.2) is 29.3 Å². The highest BCUT2D eigenvalue weighted by Gasteiger charge is 2.66. The fourth-order valence-electron chi connectivity index (χ4n) is 3.62. The number of aromatic nitrogens is 1. The normalized spacial score (nSPS) is 14.0. The average molecular weight is 511 g/mol. The van der Waals surface area contributed by atoms with E-state index in [1.807, 2.05) is 0 Å². The molecule has 1 heterocycles. The van der Waals surface area contributed by atoms with Crippen molar-refractivity contribution in [1.82, 2.24) is 4.57 Å². The van der Waals surface area contributed by atoms with Crippen LogP contribution in [0.3, 0.4) is 0 Å². The summed E-state index contributed by atoms with van der Waals surface area (Å²) in [5.74, 6) is -1.72. The second-order valence-electron chi connectivity index (χ2n) is 7.59. The Balaban J connectivity index is 2.05. The van der Waals surface area contributed by atoms with Crippen LogP contribution >= 0.6 is 10.2 Å². The standard InChI is InChI=1S/C21H23F6N3O3S/c1-4-32-16-7-12-9-30(21(29)18(12)19(22)20(16)33-5-2)10-15(31)13-8-14(28)17(6-11(13)3)34(23,24,25,26)27/h6-9H,4-5,10,28-29H2,1-3H3. The molecule has 0 aliphatic carbocycles. The summed E-state index contributed by atoms with van der Waals surface area (Å²) in [4.78, 5) is 10.6. The van der Waals surface area contributed by atoms with E-state index in [4.69, 9.17) is 20.9 Å². The molecule has 6 nitrogen and oxygen atoms in total. The fourth-order valence-corrected chi connectivity index (χ4v) is 4.52. The van der Waals surface area contributed by atoms with Crippen molar-refractivity contribution in [2.24, 2.45) is 0 Å². The number of nitrogens with zero attached hydrogens (tertiary/aromatic N) is 1. The predicted molar refractivity (Wildman–Crippen MR) is 120 cm³/mol. The Labute approximate surface area is 191 Å². The maximum atomic E-state index is 15.1. The third kappa shape index (κ3) is 4.69. The Morgan fingerprint density at radius 3 is 2.21 bits per heavy atom. The van der Waals surface area contributed by atoms with Gasteiger partial charge in [-0.25, -0.2) is 4.39 Å². The molecule has 3 rings (SSSR count). The van der Waals surface area contributed by atoms with E-state index in [1.165, 1.54) is 16.8 Å². The lowest BCUT2D eigenvalue weighted by molar-refractivity contribution is 0.0972. The van der Waals surface area contributed by atoms with Crippen molar-refractivity contribution in [2.45, 2.75) is 32.2 Å². The smallest absolute Gasteiger partial charge is 0.312 e. The number of rotatable bonds is 8. The Morgan fingerprint density at radius 2 is 1.65 bits per heavy atom. The molecule has 2 aromatic carbocycles. The van der Waals surface area contributed by atoms with E-state index in [-0.39, 0.29) is 53.1 Å². The van der Waals surface area contributed by atoms with Crippen molar-refractivity contribution in [1.29, 1.82) is 0 Å². The van der Waals surface area contributed by atoms with Crippen LogP contribution in [0.5, 0.6) is 11.5 Å². The molecule has 0 fully saturated rings. The number of ketones is 1. The number of nitrogen functional groups attached to an aromatic ring is 2. The third-order valence-electron chi connectivity index (χ3n) is 5.05. The number of carbonyl (C=O) groups excluding carboxylic acids is 1. The Morgan fingerprint density at radius 1 is 1.03 bits per heavy atom. The molecule has 0 saturated carbocycles. The van der Waals surface area contributed by atoms with E-state index in [0.717, 1.165) is 6.92 Å². The largest absolute Gasteiger partial charge is 0.490 e. The van der Waals surface area contributed by atoms with Gasteiger partial charge in [-0.15, -0.1) is 0 Å². The second-order valence-corrected chi connectivity index (χ2v) is 9.97. The lowest BCUT2D eigenvalue weighted by Gasteiger charge is -2.41. The number of halogens is 6. The monoisotopic (exact) mass is 511 g/mol. The van der Waals surface area contributed by atoms with E-state index in [9.17, 15) is 24.2 Å². The molecule has 4 N–H and O–H groups in total. The summed E-state index contributed by atoms with van der Waals surface area (Å²) in [6.07, 6.45) is 1.37. The molecule has 3 aromatic rings. The molecule has 0 radical (unpaired) electrons. The third-order valence-corrected chi connectivity index (χ3v) is 6.24. The second kappa shape index (κ2) is 7.65.